The average Bonchev–Trinajstić information content (AvgIpc) is 2.29. The summed E-state index contributed by atoms with van der Waals surface area (Å²) in [7, 11) is 0. The highest BCUT2D eigenvalue weighted by molar-refractivity contribution is 5.71. The highest BCUT2D eigenvalue weighted by Crippen LogP contribution is 2.26. The fourth-order valence-corrected chi connectivity index (χ4v) is 2.30. The molecule has 19 heavy (non-hydrogen) atoms. The lowest BCUT2D eigenvalue weighted by molar-refractivity contribution is -0.192. The molecule has 1 saturated heterocycles. The van der Waals surface area contributed by atoms with E-state index >= 15 is 0 Å². The molecule has 0 saturated carbocycles. The third-order valence-corrected chi connectivity index (χ3v) is 3.43. The van der Waals surface area contributed by atoms with Gasteiger partial charge in [-0.2, -0.15) is 13.2 Å². The van der Waals surface area contributed by atoms with Gasteiger partial charge in [-0.05, 0) is 38.9 Å². The van der Waals surface area contributed by atoms with Crippen molar-refractivity contribution < 1.29 is 23.1 Å². The van der Waals surface area contributed by atoms with E-state index in [1.807, 2.05) is 0 Å². The Morgan fingerprint density at radius 3 is 2.42 bits per heavy atom. The van der Waals surface area contributed by atoms with Crippen LogP contribution < -0.4 is 5.32 Å². The normalized spacial score (nSPS) is 20.4. The van der Waals surface area contributed by atoms with Gasteiger partial charge in [-0.3, -0.25) is 4.79 Å². The lowest BCUT2D eigenvalue weighted by atomic mass is 10.0. The highest BCUT2D eigenvalue weighted by Gasteiger charge is 2.45. The molecule has 0 aliphatic carbocycles. The number of carboxylic acid groups (broad SMARTS) is 1. The second-order valence-electron chi connectivity index (χ2n) is 4.96. The first-order chi connectivity index (χ1) is 8.84. The number of halogens is 3. The van der Waals surface area contributed by atoms with Crippen LogP contribution >= 0.6 is 0 Å². The van der Waals surface area contributed by atoms with Crippen LogP contribution in [0.4, 0.5) is 13.2 Å². The first-order valence-corrected chi connectivity index (χ1v) is 6.59. The number of carboxylic acids is 1. The zero-order chi connectivity index (χ0) is 14.5. The molecule has 1 aliphatic heterocycles. The summed E-state index contributed by atoms with van der Waals surface area (Å²) in [6, 6.07) is -0.0164. The smallest absolute Gasteiger partial charge is 0.403 e. The predicted molar refractivity (Wildman–Crippen MR) is 64.9 cm³/mol. The summed E-state index contributed by atoms with van der Waals surface area (Å²) in [4.78, 5) is 12.9. The Hall–Kier alpha value is -0.820. The summed E-state index contributed by atoms with van der Waals surface area (Å²) >= 11 is 0. The number of rotatable bonds is 6. The van der Waals surface area contributed by atoms with Crippen molar-refractivity contribution in [1.82, 2.24) is 10.2 Å². The Balaban J connectivity index is 2.35. The summed E-state index contributed by atoms with van der Waals surface area (Å²) in [5.41, 5.74) is 0. The molecule has 1 aliphatic rings. The van der Waals surface area contributed by atoms with Gasteiger partial charge in [0.2, 0.25) is 0 Å². The Morgan fingerprint density at radius 1 is 1.42 bits per heavy atom. The summed E-state index contributed by atoms with van der Waals surface area (Å²) in [6.07, 6.45) is -2.09. The molecule has 1 fully saturated rings. The van der Waals surface area contributed by atoms with Gasteiger partial charge < -0.3 is 15.3 Å². The Kier molecular flexibility index (Phi) is 6.06. The molecule has 0 bridgehead atoms. The van der Waals surface area contributed by atoms with Gasteiger partial charge >= 0.3 is 12.1 Å². The number of nitrogens with one attached hydrogen (secondary N) is 1. The van der Waals surface area contributed by atoms with Gasteiger partial charge in [0.25, 0.3) is 0 Å². The Bertz CT molecular complexity index is 289. The fourth-order valence-electron chi connectivity index (χ4n) is 2.30. The highest BCUT2D eigenvalue weighted by atomic mass is 19.4. The van der Waals surface area contributed by atoms with Gasteiger partial charge in [0.05, 0.1) is 0 Å². The molecule has 1 unspecified atom stereocenters. The van der Waals surface area contributed by atoms with Crippen molar-refractivity contribution in [3.63, 3.8) is 0 Å². The second-order valence-corrected chi connectivity index (χ2v) is 4.96. The number of hydrogen-bond donors (Lipinski definition) is 2. The van der Waals surface area contributed by atoms with Crippen LogP contribution in [-0.2, 0) is 4.79 Å². The molecular weight excluding hydrogens is 261 g/mol. The van der Waals surface area contributed by atoms with E-state index in [1.165, 1.54) is 0 Å². The van der Waals surface area contributed by atoms with E-state index in [9.17, 15) is 18.0 Å². The van der Waals surface area contributed by atoms with Crippen LogP contribution in [0.25, 0.3) is 0 Å². The van der Waals surface area contributed by atoms with Gasteiger partial charge in [-0.25, -0.2) is 0 Å². The number of hydrogen-bond acceptors (Lipinski definition) is 3. The fraction of sp³-hybridized carbons (Fsp3) is 0.917. The molecular formula is C12H21F3N2O2. The minimum atomic E-state index is -4.69. The van der Waals surface area contributed by atoms with Crippen LogP contribution in [-0.4, -0.2) is 54.4 Å². The maximum Gasteiger partial charge on any atom is 0.403 e. The van der Waals surface area contributed by atoms with E-state index in [4.69, 9.17) is 5.11 Å². The SMILES string of the molecule is CCCN1CCC(NCC(C(=O)O)C(F)(F)F)CC1. The lowest BCUT2D eigenvalue weighted by Gasteiger charge is -2.32. The minimum Gasteiger partial charge on any atom is -0.481 e. The first-order valence-electron chi connectivity index (χ1n) is 6.59. The molecule has 1 atom stereocenters. The van der Waals surface area contributed by atoms with Crippen molar-refractivity contribution in [1.29, 1.82) is 0 Å². The predicted octanol–water partition coefficient (Wildman–Crippen LogP) is 1.71. The van der Waals surface area contributed by atoms with Gasteiger partial charge in [0, 0.05) is 12.6 Å². The third-order valence-electron chi connectivity index (χ3n) is 3.43. The molecule has 1 rings (SSSR count). The van der Waals surface area contributed by atoms with E-state index in [0.29, 0.717) is 0 Å². The van der Waals surface area contributed by atoms with Crippen molar-refractivity contribution in [2.45, 2.75) is 38.4 Å². The van der Waals surface area contributed by atoms with Crippen molar-refractivity contribution in [3.05, 3.63) is 0 Å². The largest absolute Gasteiger partial charge is 0.481 e. The van der Waals surface area contributed by atoms with Gasteiger partial charge in [-0.15, -0.1) is 0 Å². The maximum atomic E-state index is 12.5. The Labute approximate surface area is 111 Å². The molecule has 0 spiro atoms. The van der Waals surface area contributed by atoms with E-state index in [2.05, 4.69) is 17.1 Å². The minimum absolute atomic E-state index is 0.0164. The molecule has 7 heteroatoms. The summed E-state index contributed by atoms with van der Waals surface area (Å²) in [5.74, 6) is -4.13. The van der Waals surface area contributed by atoms with Crippen LogP contribution in [0.5, 0.6) is 0 Å². The van der Waals surface area contributed by atoms with Crippen LogP contribution in [0.1, 0.15) is 26.2 Å². The van der Waals surface area contributed by atoms with Crippen LogP contribution in [0.2, 0.25) is 0 Å². The average molecular weight is 282 g/mol. The maximum absolute atomic E-state index is 12.5. The molecule has 0 aromatic rings. The van der Waals surface area contributed by atoms with Crippen molar-refractivity contribution in [2.24, 2.45) is 5.92 Å². The zero-order valence-corrected chi connectivity index (χ0v) is 11.0. The molecule has 0 radical (unpaired) electrons. The van der Waals surface area contributed by atoms with Gasteiger partial charge in [0.15, 0.2) is 5.92 Å². The molecule has 4 nitrogen and oxygen atoms in total. The number of likely N-dealkylation sites (tertiary alicyclic amines) is 1. The standard InChI is InChI=1S/C12H21F3N2O2/c1-2-5-17-6-3-9(4-7-17)16-8-10(11(18)19)12(13,14)15/h9-10,16H,2-8H2,1H3,(H,18,19). The summed E-state index contributed by atoms with van der Waals surface area (Å²) in [6.45, 7) is 4.26. The molecule has 0 aromatic heterocycles. The number of aliphatic carboxylic acids is 1. The van der Waals surface area contributed by atoms with E-state index in [-0.39, 0.29) is 6.04 Å². The van der Waals surface area contributed by atoms with Crippen molar-refractivity contribution >= 4 is 5.97 Å². The van der Waals surface area contributed by atoms with E-state index < -0.39 is 24.6 Å². The van der Waals surface area contributed by atoms with Gasteiger partial charge in [-0.1, -0.05) is 6.92 Å². The number of nitrogens with zero attached hydrogens (tertiary/aromatic N) is 1. The Morgan fingerprint density at radius 2 is 2.00 bits per heavy atom. The lowest BCUT2D eigenvalue weighted by Crippen LogP contribution is -2.47. The van der Waals surface area contributed by atoms with Crippen LogP contribution in [0, 0.1) is 5.92 Å². The van der Waals surface area contributed by atoms with E-state index in [1.54, 1.807) is 0 Å². The molecule has 0 amide bonds. The van der Waals surface area contributed by atoms with Crippen LogP contribution in [0.3, 0.4) is 0 Å². The number of alkyl halides is 3. The third kappa shape index (κ3) is 5.36. The second kappa shape index (κ2) is 7.09. The number of piperidine rings is 1. The molecule has 112 valence electrons. The quantitative estimate of drug-likeness (QED) is 0.779. The molecule has 1 heterocycles. The first kappa shape index (κ1) is 16.2. The van der Waals surface area contributed by atoms with Crippen molar-refractivity contribution in [3.8, 4) is 0 Å². The number of carbonyl (C=O) groups is 1. The topological polar surface area (TPSA) is 52.6 Å². The monoisotopic (exact) mass is 282 g/mol. The molecule has 0 aromatic carbocycles. The molecule has 2 N–H and O–H groups in total. The van der Waals surface area contributed by atoms with Crippen molar-refractivity contribution in [2.75, 3.05) is 26.2 Å². The van der Waals surface area contributed by atoms with Gasteiger partial charge in [0.1, 0.15) is 0 Å². The summed E-state index contributed by atoms with van der Waals surface area (Å²) in [5, 5.41) is 11.3. The summed E-state index contributed by atoms with van der Waals surface area (Å²) < 4.78 is 37.4. The zero-order valence-electron chi connectivity index (χ0n) is 11.0. The van der Waals surface area contributed by atoms with E-state index in [0.717, 1.165) is 38.9 Å². The van der Waals surface area contributed by atoms with Crippen LogP contribution in [0.15, 0.2) is 0 Å².